The summed E-state index contributed by atoms with van der Waals surface area (Å²) in [5.74, 6) is 3.95. The first-order chi connectivity index (χ1) is 8.81. The van der Waals surface area contributed by atoms with Crippen molar-refractivity contribution in [3.63, 3.8) is 0 Å². The molecule has 0 saturated heterocycles. The molecule has 1 aliphatic carbocycles. The summed E-state index contributed by atoms with van der Waals surface area (Å²) in [4.78, 5) is 1.27. The van der Waals surface area contributed by atoms with Crippen molar-refractivity contribution in [2.45, 2.75) is 24.2 Å². The van der Waals surface area contributed by atoms with Crippen LogP contribution in [0.2, 0.25) is 0 Å². The molecule has 0 atom stereocenters. The average molecular weight is 282 g/mol. The van der Waals surface area contributed by atoms with Crippen LogP contribution in [0.5, 0.6) is 11.5 Å². The minimum atomic E-state index is 0.498. The van der Waals surface area contributed by atoms with Gasteiger partial charge in [0.05, 0.1) is 13.2 Å². The van der Waals surface area contributed by atoms with Crippen LogP contribution in [0.25, 0.3) is 0 Å². The second kappa shape index (κ2) is 5.25. The van der Waals surface area contributed by atoms with Crippen molar-refractivity contribution >= 4 is 24.4 Å². The quantitative estimate of drug-likeness (QED) is 0.672. The molecule has 0 aromatic heterocycles. The van der Waals surface area contributed by atoms with Crippen LogP contribution in [-0.4, -0.2) is 24.7 Å². The molecule has 2 aliphatic rings. The maximum atomic E-state index is 5.71. The summed E-state index contributed by atoms with van der Waals surface area (Å²) < 4.78 is 11.3. The third-order valence-corrected chi connectivity index (χ3v) is 5.57. The maximum Gasteiger partial charge on any atom is 0.162 e. The Hall–Kier alpha value is -0.480. The zero-order valence-electron chi connectivity index (χ0n) is 10.4. The zero-order chi connectivity index (χ0) is 12.4. The van der Waals surface area contributed by atoms with Crippen LogP contribution < -0.4 is 9.47 Å². The van der Waals surface area contributed by atoms with Crippen molar-refractivity contribution < 1.29 is 9.47 Å². The van der Waals surface area contributed by atoms with Gasteiger partial charge >= 0.3 is 0 Å². The standard InChI is InChI=1S/C14H18O2S2/c17-9-14(4-5-14)10-18-11-2-3-12-13(8-11)16-7-1-6-15-12/h2-3,8,17H,1,4-7,9-10H2. The molecule has 1 aromatic carbocycles. The Bertz CT molecular complexity index is 430. The highest BCUT2D eigenvalue weighted by Gasteiger charge is 2.40. The first kappa shape index (κ1) is 12.5. The van der Waals surface area contributed by atoms with E-state index < -0.39 is 0 Å². The van der Waals surface area contributed by atoms with Gasteiger partial charge in [0.1, 0.15) is 0 Å². The molecule has 0 N–H and O–H groups in total. The Balaban J connectivity index is 1.68. The summed E-state index contributed by atoms with van der Waals surface area (Å²) in [6.07, 6.45) is 3.61. The lowest BCUT2D eigenvalue weighted by molar-refractivity contribution is 0.297. The molecule has 3 rings (SSSR count). The molecule has 1 saturated carbocycles. The normalized spacial score (nSPS) is 20.3. The van der Waals surface area contributed by atoms with E-state index in [0.717, 1.165) is 42.6 Å². The Kier molecular flexibility index (Phi) is 3.66. The Morgan fingerprint density at radius 3 is 2.67 bits per heavy atom. The predicted octanol–water partition coefficient (Wildman–Crippen LogP) is 3.65. The molecule has 0 radical (unpaired) electrons. The van der Waals surface area contributed by atoms with E-state index in [0.29, 0.717) is 5.41 Å². The fourth-order valence-electron chi connectivity index (χ4n) is 1.99. The van der Waals surface area contributed by atoms with Gasteiger partial charge in [0.15, 0.2) is 11.5 Å². The van der Waals surface area contributed by atoms with Crippen LogP contribution in [0.3, 0.4) is 0 Å². The first-order valence-electron chi connectivity index (χ1n) is 6.45. The van der Waals surface area contributed by atoms with Crippen LogP contribution in [0.4, 0.5) is 0 Å². The lowest BCUT2D eigenvalue weighted by Gasteiger charge is -2.12. The molecule has 98 valence electrons. The highest BCUT2D eigenvalue weighted by Crippen LogP contribution is 2.50. The summed E-state index contributed by atoms with van der Waals surface area (Å²) >= 11 is 6.36. The van der Waals surface area contributed by atoms with Crippen molar-refractivity contribution in [2.24, 2.45) is 5.41 Å². The SMILES string of the molecule is SCC1(CSc2ccc3c(c2)OCCCO3)CC1. The smallest absolute Gasteiger partial charge is 0.162 e. The Morgan fingerprint density at radius 1 is 1.17 bits per heavy atom. The summed E-state index contributed by atoms with van der Waals surface area (Å²) in [5.41, 5.74) is 0.498. The number of fused-ring (bicyclic) bond motifs is 1. The fraction of sp³-hybridized carbons (Fsp3) is 0.571. The number of hydrogen-bond acceptors (Lipinski definition) is 4. The van der Waals surface area contributed by atoms with Gasteiger partial charge in [-0.05, 0) is 42.2 Å². The number of thiol groups is 1. The molecule has 1 aromatic rings. The van der Waals surface area contributed by atoms with E-state index in [9.17, 15) is 0 Å². The Labute approximate surface area is 118 Å². The summed E-state index contributed by atoms with van der Waals surface area (Å²) in [6.45, 7) is 1.50. The minimum absolute atomic E-state index is 0.498. The van der Waals surface area contributed by atoms with E-state index in [-0.39, 0.29) is 0 Å². The first-order valence-corrected chi connectivity index (χ1v) is 8.06. The monoisotopic (exact) mass is 282 g/mol. The van der Waals surface area contributed by atoms with Gasteiger partial charge in [-0.25, -0.2) is 0 Å². The van der Waals surface area contributed by atoms with Gasteiger partial charge in [-0.1, -0.05) is 0 Å². The van der Waals surface area contributed by atoms with Crippen LogP contribution in [-0.2, 0) is 0 Å². The van der Waals surface area contributed by atoms with E-state index in [1.807, 2.05) is 17.8 Å². The summed E-state index contributed by atoms with van der Waals surface area (Å²) in [5, 5.41) is 0. The molecule has 0 amide bonds. The zero-order valence-corrected chi connectivity index (χ0v) is 12.1. The molecule has 2 nitrogen and oxygen atoms in total. The van der Waals surface area contributed by atoms with Crippen LogP contribution in [0.1, 0.15) is 19.3 Å². The largest absolute Gasteiger partial charge is 0.490 e. The molecule has 0 unspecified atom stereocenters. The molecule has 1 heterocycles. The lowest BCUT2D eigenvalue weighted by Crippen LogP contribution is -2.05. The number of benzene rings is 1. The average Bonchev–Trinajstić information content (AvgIpc) is 3.20. The van der Waals surface area contributed by atoms with Crippen LogP contribution in [0.15, 0.2) is 23.1 Å². The van der Waals surface area contributed by atoms with E-state index >= 15 is 0 Å². The van der Waals surface area contributed by atoms with Crippen molar-refractivity contribution in [3.05, 3.63) is 18.2 Å². The molecule has 18 heavy (non-hydrogen) atoms. The topological polar surface area (TPSA) is 18.5 Å². The lowest BCUT2D eigenvalue weighted by atomic mass is 10.2. The van der Waals surface area contributed by atoms with Crippen molar-refractivity contribution in [1.29, 1.82) is 0 Å². The van der Waals surface area contributed by atoms with Gasteiger partial charge < -0.3 is 9.47 Å². The molecular weight excluding hydrogens is 264 g/mol. The fourth-order valence-corrected chi connectivity index (χ4v) is 3.79. The van der Waals surface area contributed by atoms with Crippen LogP contribution in [0, 0.1) is 5.41 Å². The van der Waals surface area contributed by atoms with Gasteiger partial charge in [0.2, 0.25) is 0 Å². The van der Waals surface area contributed by atoms with E-state index in [1.54, 1.807) is 0 Å². The summed E-state index contributed by atoms with van der Waals surface area (Å²) in [7, 11) is 0. The van der Waals surface area contributed by atoms with Gasteiger partial charge in [0.25, 0.3) is 0 Å². The van der Waals surface area contributed by atoms with E-state index in [4.69, 9.17) is 9.47 Å². The Morgan fingerprint density at radius 2 is 1.94 bits per heavy atom. The van der Waals surface area contributed by atoms with E-state index in [1.165, 1.54) is 17.7 Å². The van der Waals surface area contributed by atoms with Crippen molar-refractivity contribution in [3.8, 4) is 11.5 Å². The van der Waals surface area contributed by atoms with Gasteiger partial charge in [-0.3, -0.25) is 0 Å². The number of thioether (sulfide) groups is 1. The predicted molar refractivity (Wildman–Crippen MR) is 78.3 cm³/mol. The molecule has 0 bridgehead atoms. The third-order valence-electron chi connectivity index (χ3n) is 3.56. The van der Waals surface area contributed by atoms with Crippen LogP contribution >= 0.6 is 24.4 Å². The number of hydrogen-bond donors (Lipinski definition) is 1. The molecule has 0 spiro atoms. The van der Waals surface area contributed by atoms with E-state index in [2.05, 4.69) is 24.8 Å². The second-order valence-electron chi connectivity index (χ2n) is 5.11. The summed E-state index contributed by atoms with van der Waals surface area (Å²) in [6, 6.07) is 6.27. The molecule has 4 heteroatoms. The van der Waals surface area contributed by atoms with Gasteiger partial charge in [-0.2, -0.15) is 12.6 Å². The second-order valence-corrected chi connectivity index (χ2v) is 6.47. The highest BCUT2D eigenvalue weighted by molar-refractivity contribution is 7.99. The highest BCUT2D eigenvalue weighted by atomic mass is 32.2. The minimum Gasteiger partial charge on any atom is -0.490 e. The molecule has 1 aliphatic heterocycles. The molecular formula is C14H18O2S2. The van der Waals surface area contributed by atoms with Crippen molar-refractivity contribution in [2.75, 3.05) is 24.7 Å². The maximum absolute atomic E-state index is 5.71. The number of ether oxygens (including phenoxy) is 2. The molecule has 1 fully saturated rings. The van der Waals surface area contributed by atoms with Gasteiger partial charge in [0, 0.05) is 17.1 Å². The third kappa shape index (κ3) is 2.75. The van der Waals surface area contributed by atoms with Gasteiger partial charge in [-0.15, -0.1) is 11.8 Å². The number of rotatable bonds is 4. The van der Waals surface area contributed by atoms with Crippen molar-refractivity contribution in [1.82, 2.24) is 0 Å².